The lowest BCUT2D eigenvalue weighted by atomic mass is 10.2. The van der Waals surface area contributed by atoms with Crippen LogP contribution in [0.25, 0.3) is 11.4 Å². The summed E-state index contributed by atoms with van der Waals surface area (Å²) in [5.74, 6) is 2.01. The minimum Gasteiger partial charge on any atom is -0.339 e. The number of hydrogen-bond donors (Lipinski definition) is 1. The highest BCUT2D eigenvalue weighted by atomic mass is 32.2. The van der Waals surface area contributed by atoms with Crippen LogP contribution >= 0.6 is 11.8 Å². The summed E-state index contributed by atoms with van der Waals surface area (Å²) in [5, 5.41) is 7.32. The molecule has 0 bridgehead atoms. The van der Waals surface area contributed by atoms with Crippen LogP contribution in [-0.2, 0) is 0 Å². The van der Waals surface area contributed by atoms with E-state index in [0.717, 1.165) is 23.5 Å². The first-order valence-corrected chi connectivity index (χ1v) is 8.69. The van der Waals surface area contributed by atoms with Gasteiger partial charge in [-0.2, -0.15) is 16.7 Å². The van der Waals surface area contributed by atoms with Crippen LogP contribution in [0.5, 0.6) is 0 Å². The molecule has 2 atom stereocenters. The molecule has 6 nitrogen and oxygen atoms in total. The maximum atomic E-state index is 12.5. The van der Waals surface area contributed by atoms with Crippen molar-refractivity contribution in [1.29, 1.82) is 0 Å². The van der Waals surface area contributed by atoms with E-state index in [1.807, 2.05) is 40.9 Å². The summed E-state index contributed by atoms with van der Waals surface area (Å²) in [6, 6.07) is 7.63. The first-order chi connectivity index (χ1) is 11.0. The maximum Gasteiger partial charge on any atom is 0.322 e. The van der Waals surface area contributed by atoms with Crippen molar-refractivity contribution < 1.29 is 9.32 Å². The van der Waals surface area contributed by atoms with Crippen LogP contribution in [0.2, 0.25) is 0 Å². The molecule has 1 aliphatic rings. The second kappa shape index (κ2) is 6.62. The molecule has 3 rings (SSSR count). The fourth-order valence-corrected chi connectivity index (χ4v) is 3.67. The number of amides is 2. The second-order valence-corrected chi connectivity index (χ2v) is 7.14. The largest absolute Gasteiger partial charge is 0.339 e. The molecule has 1 aromatic heterocycles. The molecule has 1 saturated heterocycles. The summed E-state index contributed by atoms with van der Waals surface area (Å²) < 4.78 is 5.00. The summed E-state index contributed by atoms with van der Waals surface area (Å²) in [6.07, 6.45) is 0. The standard InChI is InChI=1S/C16H20N4O2S/c1-10-11(2)23-8-7-20(10)16(21)18-14-6-4-5-13(9-14)15-17-12(3)22-19-15/h4-6,9-11H,7-8H2,1-3H3,(H,18,21)/t10-,11-/m0/s1. The quantitative estimate of drug-likeness (QED) is 0.912. The number of rotatable bonds is 2. The minimum absolute atomic E-state index is 0.0638. The molecule has 1 N–H and O–H groups in total. The number of carbonyl (C=O) groups excluding carboxylic acids is 1. The summed E-state index contributed by atoms with van der Waals surface area (Å²) in [4.78, 5) is 18.6. The normalized spacial score (nSPS) is 21.3. The SMILES string of the molecule is Cc1nc(-c2cccc(NC(=O)N3CCS[C@@H](C)[C@@H]3C)c2)no1. The van der Waals surface area contributed by atoms with Crippen molar-refractivity contribution in [2.24, 2.45) is 0 Å². The number of carbonyl (C=O) groups is 1. The molecule has 2 amide bonds. The Morgan fingerprint density at radius 1 is 1.43 bits per heavy atom. The van der Waals surface area contributed by atoms with Crippen molar-refractivity contribution in [3.8, 4) is 11.4 Å². The van der Waals surface area contributed by atoms with Gasteiger partial charge in [-0.25, -0.2) is 4.79 Å². The third-order valence-electron chi connectivity index (χ3n) is 4.04. The lowest BCUT2D eigenvalue weighted by Crippen LogP contribution is -2.49. The molecular weight excluding hydrogens is 312 g/mol. The highest BCUT2D eigenvalue weighted by Gasteiger charge is 2.28. The van der Waals surface area contributed by atoms with Gasteiger partial charge in [0.1, 0.15) is 0 Å². The Kier molecular flexibility index (Phi) is 4.56. The Morgan fingerprint density at radius 3 is 3.00 bits per heavy atom. The van der Waals surface area contributed by atoms with E-state index in [0.29, 0.717) is 17.0 Å². The molecule has 1 aliphatic heterocycles. The fraction of sp³-hybridized carbons (Fsp3) is 0.438. The van der Waals surface area contributed by atoms with E-state index in [2.05, 4.69) is 29.3 Å². The molecule has 1 fully saturated rings. The Morgan fingerprint density at radius 2 is 2.26 bits per heavy atom. The smallest absolute Gasteiger partial charge is 0.322 e. The zero-order valence-electron chi connectivity index (χ0n) is 13.4. The van der Waals surface area contributed by atoms with Crippen molar-refractivity contribution in [1.82, 2.24) is 15.0 Å². The van der Waals surface area contributed by atoms with E-state index in [-0.39, 0.29) is 12.1 Å². The highest BCUT2D eigenvalue weighted by Crippen LogP contribution is 2.25. The maximum absolute atomic E-state index is 12.5. The van der Waals surface area contributed by atoms with E-state index in [1.165, 1.54) is 0 Å². The van der Waals surface area contributed by atoms with Gasteiger partial charge in [0.25, 0.3) is 0 Å². The van der Waals surface area contributed by atoms with Crippen LogP contribution in [0.15, 0.2) is 28.8 Å². The minimum atomic E-state index is -0.0638. The van der Waals surface area contributed by atoms with Crippen LogP contribution < -0.4 is 5.32 Å². The van der Waals surface area contributed by atoms with Crippen LogP contribution in [-0.4, -0.2) is 44.7 Å². The molecular formula is C16H20N4O2S. The predicted octanol–water partition coefficient (Wildman–Crippen LogP) is 3.40. The lowest BCUT2D eigenvalue weighted by molar-refractivity contribution is 0.194. The molecule has 122 valence electrons. The van der Waals surface area contributed by atoms with E-state index < -0.39 is 0 Å². The number of aryl methyl sites for hydroxylation is 1. The number of benzene rings is 1. The van der Waals surface area contributed by atoms with Crippen LogP contribution in [0.4, 0.5) is 10.5 Å². The number of urea groups is 1. The summed E-state index contributed by atoms with van der Waals surface area (Å²) >= 11 is 1.91. The van der Waals surface area contributed by atoms with E-state index in [4.69, 9.17) is 4.52 Å². The molecule has 23 heavy (non-hydrogen) atoms. The molecule has 0 radical (unpaired) electrons. The zero-order valence-corrected chi connectivity index (χ0v) is 14.3. The highest BCUT2D eigenvalue weighted by molar-refractivity contribution is 8.00. The first-order valence-electron chi connectivity index (χ1n) is 7.64. The van der Waals surface area contributed by atoms with E-state index in [9.17, 15) is 4.79 Å². The number of nitrogens with zero attached hydrogens (tertiary/aromatic N) is 3. The average Bonchev–Trinajstić information content (AvgIpc) is 2.97. The fourth-order valence-electron chi connectivity index (χ4n) is 2.57. The third kappa shape index (κ3) is 3.50. The molecule has 0 unspecified atom stereocenters. The molecule has 0 aliphatic carbocycles. The Bertz CT molecular complexity index is 703. The van der Waals surface area contributed by atoms with Gasteiger partial charge < -0.3 is 14.7 Å². The molecule has 1 aromatic carbocycles. The molecule has 7 heteroatoms. The van der Waals surface area contributed by atoms with Crippen LogP contribution in [0, 0.1) is 6.92 Å². The van der Waals surface area contributed by atoms with Gasteiger partial charge in [0, 0.05) is 41.8 Å². The van der Waals surface area contributed by atoms with Crippen molar-refractivity contribution >= 4 is 23.5 Å². The Hall–Kier alpha value is -2.02. The summed E-state index contributed by atoms with van der Waals surface area (Å²) in [6.45, 7) is 6.77. The van der Waals surface area contributed by atoms with Gasteiger partial charge in [-0.05, 0) is 19.1 Å². The van der Waals surface area contributed by atoms with Crippen molar-refractivity contribution in [2.45, 2.75) is 32.1 Å². The van der Waals surface area contributed by atoms with Gasteiger partial charge >= 0.3 is 6.03 Å². The van der Waals surface area contributed by atoms with Gasteiger partial charge in [0.15, 0.2) is 0 Å². The van der Waals surface area contributed by atoms with Crippen molar-refractivity contribution in [2.75, 3.05) is 17.6 Å². The average molecular weight is 332 g/mol. The number of thioether (sulfide) groups is 1. The van der Waals surface area contributed by atoms with Gasteiger partial charge in [0.2, 0.25) is 11.7 Å². The van der Waals surface area contributed by atoms with Gasteiger partial charge in [-0.15, -0.1) is 0 Å². The van der Waals surface area contributed by atoms with E-state index in [1.54, 1.807) is 6.92 Å². The summed E-state index contributed by atoms with van der Waals surface area (Å²) in [7, 11) is 0. The van der Waals surface area contributed by atoms with Crippen LogP contribution in [0.3, 0.4) is 0 Å². The molecule has 2 aromatic rings. The van der Waals surface area contributed by atoms with Crippen molar-refractivity contribution in [3.05, 3.63) is 30.2 Å². The van der Waals surface area contributed by atoms with Gasteiger partial charge in [-0.1, -0.05) is 24.2 Å². The lowest BCUT2D eigenvalue weighted by Gasteiger charge is -2.37. The van der Waals surface area contributed by atoms with Gasteiger partial charge in [0.05, 0.1) is 0 Å². The monoisotopic (exact) mass is 332 g/mol. The van der Waals surface area contributed by atoms with Gasteiger partial charge in [-0.3, -0.25) is 0 Å². The number of nitrogens with one attached hydrogen (secondary N) is 1. The number of hydrogen-bond acceptors (Lipinski definition) is 5. The molecule has 0 saturated carbocycles. The third-order valence-corrected chi connectivity index (χ3v) is 5.38. The predicted molar refractivity (Wildman–Crippen MR) is 91.6 cm³/mol. The number of aromatic nitrogens is 2. The Balaban J connectivity index is 1.74. The first kappa shape index (κ1) is 15.9. The number of anilines is 1. The summed E-state index contributed by atoms with van der Waals surface area (Å²) in [5.41, 5.74) is 1.54. The van der Waals surface area contributed by atoms with Crippen LogP contribution in [0.1, 0.15) is 19.7 Å². The topological polar surface area (TPSA) is 71.3 Å². The Labute approximate surface area is 139 Å². The second-order valence-electron chi connectivity index (χ2n) is 5.66. The molecule has 0 spiro atoms. The zero-order chi connectivity index (χ0) is 16.4. The molecule has 2 heterocycles. The van der Waals surface area contributed by atoms with E-state index >= 15 is 0 Å². The van der Waals surface area contributed by atoms with Crippen molar-refractivity contribution in [3.63, 3.8) is 0 Å².